The largest absolute Gasteiger partial charge is 0.490 e. The molecule has 1 aromatic heterocycles. The summed E-state index contributed by atoms with van der Waals surface area (Å²) in [6.07, 6.45) is 0.864. The Kier molecular flexibility index (Phi) is 8.35. The Bertz CT molecular complexity index is 1040. The lowest BCUT2D eigenvalue weighted by Crippen LogP contribution is -2.30. The maximum atomic E-state index is 6.03. The van der Waals surface area contributed by atoms with Gasteiger partial charge in [-0.1, -0.05) is 28.9 Å². The van der Waals surface area contributed by atoms with Crippen molar-refractivity contribution < 1.29 is 14.0 Å². The molecule has 3 aromatic rings. The fourth-order valence-electron chi connectivity index (χ4n) is 2.90. The van der Waals surface area contributed by atoms with Gasteiger partial charge in [0.05, 0.1) is 13.2 Å². The van der Waals surface area contributed by atoms with Gasteiger partial charge in [-0.25, -0.2) is 4.99 Å². The number of benzene rings is 2. The van der Waals surface area contributed by atoms with Crippen molar-refractivity contribution in [1.82, 2.24) is 15.5 Å². The Morgan fingerprint density at radius 1 is 1.13 bits per heavy atom. The highest BCUT2D eigenvalue weighted by molar-refractivity contribution is 14.0. The molecule has 164 valence electrons. The SMILES string of the molecule is CCNC(=NCc1nc(-c2cccc(Cl)c2)no1)Nc1ccc2c(c1)OCCCO2.I. The number of fused-ring (bicyclic) bond motifs is 1. The molecule has 4 rings (SSSR count). The third kappa shape index (κ3) is 6.23. The number of aromatic nitrogens is 2. The molecular formula is C21H23ClIN5O3. The molecule has 2 heterocycles. The second kappa shape index (κ2) is 11.2. The van der Waals surface area contributed by atoms with E-state index >= 15 is 0 Å². The maximum absolute atomic E-state index is 6.03. The van der Waals surface area contributed by atoms with Gasteiger partial charge in [-0.15, -0.1) is 24.0 Å². The first-order valence-electron chi connectivity index (χ1n) is 9.75. The molecule has 0 bridgehead atoms. The molecule has 0 spiro atoms. The molecule has 1 aliphatic rings. The van der Waals surface area contributed by atoms with Gasteiger partial charge in [0.1, 0.15) is 6.54 Å². The highest BCUT2D eigenvalue weighted by Gasteiger charge is 2.12. The van der Waals surface area contributed by atoms with Crippen molar-refractivity contribution in [3.05, 3.63) is 53.4 Å². The van der Waals surface area contributed by atoms with Crippen molar-refractivity contribution in [3.63, 3.8) is 0 Å². The van der Waals surface area contributed by atoms with Crippen molar-refractivity contribution in [2.45, 2.75) is 19.9 Å². The summed E-state index contributed by atoms with van der Waals surface area (Å²) in [6, 6.07) is 13.0. The van der Waals surface area contributed by atoms with Crippen molar-refractivity contribution in [2.24, 2.45) is 4.99 Å². The van der Waals surface area contributed by atoms with Gasteiger partial charge in [0, 0.05) is 35.3 Å². The highest BCUT2D eigenvalue weighted by Crippen LogP contribution is 2.32. The van der Waals surface area contributed by atoms with E-state index in [-0.39, 0.29) is 30.5 Å². The molecule has 31 heavy (non-hydrogen) atoms. The van der Waals surface area contributed by atoms with E-state index in [1.165, 1.54) is 0 Å². The molecular weight excluding hydrogens is 533 g/mol. The average Bonchev–Trinajstić information content (AvgIpc) is 3.10. The Morgan fingerprint density at radius 2 is 1.97 bits per heavy atom. The normalized spacial score (nSPS) is 13.2. The van der Waals surface area contributed by atoms with E-state index in [0.29, 0.717) is 42.5 Å². The molecule has 0 unspecified atom stereocenters. The van der Waals surface area contributed by atoms with Gasteiger partial charge in [0.2, 0.25) is 11.7 Å². The zero-order valence-corrected chi connectivity index (χ0v) is 20.0. The van der Waals surface area contributed by atoms with E-state index in [1.54, 1.807) is 12.1 Å². The monoisotopic (exact) mass is 555 g/mol. The van der Waals surface area contributed by atoms with Crippen LogP contribution in [0.5, 0.6) is 11.5 Å². The Morgan fingerprint density at radius 3 is 2.77 bits per heavy atom. The number of rotatable bonds is 5. The quantitative estimate of drug-likeness (QED) is 0.267. The number of anilines is 1. The van der Waals surface area contributed by atoms with Crippen molar-refractivity contribution in [1.29, 1.82) is 0 Å². The molecule has 2 N–H and O–H groups in total. The molecule has 2 aromatic carbocycles. The zero-order valence-electron chi connectivity index (χ0n) is 16.9. The van der Waals surface area contributed by atoms with Crippen LogP contribution < -0.4 is 20.1 Å². The summed E-state index contributed by atoms with van der Waals surface area (Å²) in [5.41, 5.74) is 1.63. The number of hydrogen-bond acceptors (Lipinski definition) is 6. The van der Waals surface area contributed by atoms with Crippen LogP contribution in [0.3, 0.4) is 0 Å². The van der Waals surface area contributed by atoms with Crippen molar-refractivity contribution >= 4 is 47.2 Å². The molecule has 8 nitrogen and oxygen atoms in total. The summed E-state index contributed by atoms with van der Waals surface area (Å²) < 4.78 is 16.7. The van der Waals surface area contributed by atoms with Crippen LogP contribution in [-0.2, 0) is 6.54 Å². The number of halogens is 2. The molecule has 0 radical (unpaired) electrons. The molecule has 0 aliphatic carbocycles. The Balaban J connectivity index is 0.00000272. The summed E-state index contributed by atoms with van der Waals surface area (Å²) in [6.45, 7) is 4.22. The number of aliphatic imine (C=N–C) groups is 1. The lowest BCUT2D eigenvalue weighted by molar-refractivity contribution is 0.297. The van der Waals surface area contributed by atoms with Crippen LogP contribution in [0.1, 0.15) is 19.2 Å². The molecule has 0 atom stereocenters. The maximum Gasteiger partial charge on any atom is 0.248 e. The fourth-order valence-corrected chi connectivity index (χ4v) is 3.09. The van der Waals surface area contributed by atoms with Gasteiger partial charge in [-0.2, -0.15) is 4.98 Å². The minimum atomic E-state index is 0. The zero-order chi connectivity index (χ0) is 20.8. The lowest BCUT2D eigenvalue weighted by atomic mass is 10.2. The summed E-state index contributed by atoms with van der Waals surface area (Å²) >= 11 is 6.03. The van der Waals surface area contributed by atoms with Crippen LogP contribution in [-0.4, -0.2) is 35.9 Å². The van der Waals surface area contributed by atoms with Crippen molar-refractivity contribution in [3.8, 4) is 22.9 Å². The van der Waals surface area contributed by atoms with Crippen LogP contribution in [0.4, 0.5) is 5.69 Å². The second-order valence-corrected chi connectivity index (χ2v) is 6.99. The lowest BCUT2D eigenvalue weighted by Gasteiger charge is -2.13. The third-order valence-corrected chi connectivity index (χ3v) is 4.51. The first kappa shape index (κ1) is 23.1. The van der Waals surface area contributed by atoms with Crippen LogP contribution in [0.2, 0.25) is 5.02 Å². The number of hydrogen-bond donors (Lipinski definition) is 2. The first-order chi connectivity index (χ1) is 14.7. The average molecular weight is 556 g/mol. The predicted molar refractivity (Wildman–Crippen MR) is 131 cm³/mol. The predicted octanol–water partition coefficient (Wildman–Crippen LogP) is 4.75. The molecule has 0 saturated carbocycles. The van der Waals surface area contributed by atoms with Crippen LogP contribution in [0.15, 0.2) is 52.0 Å². The van der Waals surface area contributed by atoms with Gasteiger partial charge >= 0.3 is 0 Å². The van der Waals surface area contributed by atoms with Gasteiger partial charge in [0.25, 0.3) is 0 Å². The molecule has 0 fully saturated rings. The minimum Gasteiger partial charge on any atom is -0.490 e. The Labute approximate surface area is 202 Å². The van der Waals surface area contributed by atoms with Gasteiger partial charge < -0.3 is 24.6 Å². The van der Waals surface area contributed by atoms with Gasteiger partial charge in [-0.3, -0.25) is 0 Å². The van der Waals surface area contributed by atoms with E-state index in [1.807, 2.05) is 37.3 Å². The van der Waals surface area contributed by atoms with Crippen LogP contribution in [0.25, 0.3) is 11.4 Å². The number of nitrogens with one attached hydrogen (secondary N) is 2. The fraction of sp³-hybridized carbons (Fsp3) is 0.286. The van der Waals surface area contributed by atoms with Gasteiger partial charge in [0.15, 0.2) is 17.5 Å². The van der Waals surface area contributed by atoms with E-state index in [0.717, 1.165) is 29.2 Å². The standard InChI is InChI=1S/C21H22ClN5O3.HI/c1-2-23-21(25-16-7-8-17-18(12-16)29-10-4-9-28-17)24-13-19-26-20(27-30-19)14-5-3-6-15(22)11-14;/h3,5-8,11-12H,2,4,9-10,13H2,1H3,(H2,23,24,25);1H. The molecule has 1 aliphatic heterocycles. The smallest absolute Gasteiger partial charge is 0.248 e. The highest BCUT2D eigenvalue weighted by atomic mass is 127. The van der Waals surface area contributed by atoms with Gasteiger partial charge in [-0.05, 0) is 31.2 Å². The summed E-state index contributed by atoms with van der Waals surface area (Å²) in [4.78, 5) is 8.93. The molecule has 10 heteroatoms. The van der Waals surface area contributed by atoms with E-state index in [2.05, 4.69) is 25.8 Å². The van der Waals surface area contributed by atoms with E-state index in [9.17, 15) is 0 Å². The number of ether oxygens (including phenoxy) is 2. The minimum absolute atomic E-state index is 0. The summed E-state index contributed by atoms with van der Waals surface area (Å²) in [5.74, 6) is 2.94. The Hall–Kier alpha value is -2.53. The molecule has 0 saturated heterocycles. The summed E-state index contributed by atoms with van der Waals surface area (Å²) in [5, 5.41) is 11.1. The first-order valence-corrected chi connectivity index (χ1v) is 10.1. The topological polar surface area (TPSA) is 93.8 Å². The molecule has 0 amide bonds. The van der Waals surface area contributed by atoms with Crippen LogP contribution in [0, 0.1) is 0 Å². The number of nitrogens with zero attached hydrogens (tertiary/aromatic N) is 3. The summed E-state index contributed by atoms with van der Waals surface area (Å²) in [7, 11) is 0. The van der Waals surface area contributed by atoms with Crippen LogP contribution >= 0.6 is 35.6 Å². The number of guanidine groups is 1. The second-order valence-electron chi connectivity index (χ2n) is 6.55. The third-order valence-electron chi connectivity index (χ3n) is 4.28. The van der Waals surface area contributed by atoms with E-state index < -0.39 is 0 Å². The van der Waals surface area contributed by atoms with E-state index in [4.69, 9.17) is 25.6 Å². The van der Waals surface area contributed by atoms with Crippen molar-refractivity contribution in [2.75, 3.05) is 25.1 Å².